The maximum atomic E-state index is 12.9. The van der Waals surface area contributed by atoms with Gasteiger partial charge in [-0.25, -0.2) is 0 Å². The van der Waals surface area contributed by atoms with Gasteiger partial charge in [-0.2, -0.15) is 18.3 Å². The highest BCUT2D eigenvalue weighted by molar-refractivity contribution is 5.94. The summed E-state index contributed by atoms with van der Waals surface area (Å²) >= 11 is 0. The van der Waals surface area contributed by atoms with Crippen molar-refractivity contribution in [2.75, 3.05) is 0 Å². The molecule has 1 aromatic carbocycles. The van der Waals surface area contributed by atoms with Gasteiger partial charge in [0, 0.05) is 18.3 Å². The lowest BCUT2D eigenvalue weighted by atomic mass is 9.77. The number of alkyl halides is 3. The normalized spacial score (nSPS) is 20.9. The predicted molar refractivity (Wildman–Crippen MR) is 91.6 cm³/mol. The summed E-state index contributed by atoms with van der Waals surface area (Å²) in [4.78, 5) is 11.7. The fourth-order valence-electron chi connectivity index (χ4n) is 3.79. The SMILES string of the molecule is Cc1ccn(CC2CCC(c3ccc(C(F)(F)F)cc3C(N)=O)CC2)n1. The Morgan fingerprint density at radius 2 is 1.92 bits per heavy atom. The van der Waals surface area contributed by atoms with Crippen LogP contribution in [0.3, 0.4) is 0 Å². The standard InChI is InChI=1S/C19H22F3N3O/c1-12-8-9-25(24-12)11-13-2-4-14(5-3-13)16-7-6-15(19(20,21)22)10-17(16)18(23)26/h6-10,13-14H,2-5,11H2,1H3,(H2,23,26). The van der Waals surface area contributed by atoms with E-state index in [-0.39, 0.29) is 11.5 Å². The molecule has 1 aliphatic carbocycles. The molecule has 1 amide bonds. The molecule has 3 rings (SSSR count). The van der Waals surface area contributed by atoms with Gasteiger partial charge in [0.2, 0.25) is 5.91 Å². The molecule has 140 valence electrons. The van der Waals surface area contributed by atoms with Crippen LogP contribution in [0.25, 0.3) is 0 Å². The maximum absolute atomic E-state index is 12.9. The minimum Gasteiger partial charge on any atom is -0.366 e. The zero-order valence-electron chi connectivity index (χ0n) is 14.6. The predicted octanol–water partition coefficient (Wildman–Crippen LogP) is 4.28. The van der Waals surface area contributed by atoms with E-state index in [4.69, 9.17) is 5.73 Å². The smallest absolute Gasteiger partial charge is 0.366 e. The van der Waals surface area contributed by atoms with Crippen LogP contribution in [0, 0.1) is 12.8 Å². The van der Waals surface area contributed by atoms with Gasteiger partial charge >= 0.3 is 6.18 Å². The van der Waals surface area contributed by atoms with Crippen molar-refractivity contribution in [2.24, 2.45) is 11.7 Å². The number of amides is 1. The quantitative estimate of drug-likeness (QED) is 0.879. The highest BCUT2D eigenvalue weighted by Crippen LogP contribution is 2.39. The molecule has 0 bridgehead atoms. The summed E-state index contributed by atoms with van der Waals surface area (Å²) in [7, 11) is 0. The van der Waals surface area contributed by atoms with Gasteiger partial charge in [-0.05, 0) is 68.2 Å². The van der Waals surface area contributed by atoms with Crippen LogP contribution in [0.5, 0.6) is 0 Å². The number of halogens is 3. The minimum atomic E-state index is -4.48. The van der Waals surface area contributed by atoms with Gasteiger partial charge in [0.15, 0.2) is 0 Å². The lowest BCUT2D eigenvalue weighted by Crippen LogP contribution is -2.22. The van der Waals surface area contributed by atoms with Crippen LogP contribution >= 0.6 is 0 Å². The molecule has 1 aromatic heterocycles. The summed E-state index contributed by atoms with van der Waals surface area (Å²) < 4.78 is 40.7. The van der Waals surface area contributed by atoms with E-state index in [0.29, 0.717) is 11.5 Å². The first kappa shape index (κ1) is 18.5. The average Bonchev–Trinajstić information content (AvgIpc) is 2.99. The molecule has 0 radical (unpaired) electrons. The Labute approximate surface area is 150 Å². The largest absolute Gasteiger partial charge is 0.416 e. The van der Waals surface area contributed by atoms with Crippen molar-refractivity contribution in [3.63, 3.8) is 0 Å². The van der Waals surface area contributed by atoms with Crippen molar-refractivity contribution >= 4 is 5.91 Å². The Balaban J connectivity index is 1.71. The monoisotopic (exact) mass is 365 g/mol. The Kier molecular flexibility index (Phi) is 5.07. The van der Waals surface area contributed by atoms with Gasteiger partial charge < -0.3 is 5.73 Å². The third-order valence-electron chi connectivity index (χ3n) is 5.15. The third-order valence-corrected chi connectivity index (χ3v) is 5.15. The number of nitrogens with two attached hydrogens (primary N) is 1. The van der Waals surface area contributed by atoms with Crippen LogP contribution in [0.15, 0.2) is 30.5 Å². The lowest BCUT2D eigenvalue weighted by molar-refractivity contribution is -0.137. The van der Waals surface area contributed by atoms with Crippen molar-refractivity contribution in [2.45, 2.75) is 51.2 Å². The summed E-state index contributed by atoms with van der Waals surface area (Å²) in [5.74, 6) is -0.257. The highest BCUT2D eigenvalue weighted by atomic mass is 19.4. The van der Waals surface area contributed by atoms with Crippen LogP contribution in [-0.4, -0.2) is 15.7 Å². The number of benzene rings is 1. The molecular formula is C19H22F3N3O. The van der Waals surface area contributed by atoms with Crippen molar-refractivity contribution in [1.82, 2.24) is 9.78 Å². The fraction of sp³-hybridized carbons (Fsp3) is 0.474. The van der Waals surface area contributed by atoms with E-state index in [1.54, 1.807) is 0 Å². The first-order chi connectivity index (χ1) is 12.2. The number of nitrogens with zero attached hydrogens (tertiary/aromatic N) is 2. The van der Waals surface area contributed by atoms with Crippen molar-refractivity contribution in [1.29, 1.82) is 0 Å². The molecule has 7 heteroatoms. The number of aryl methyl sites for hydroxylation is 1. The number of rotatable bonds is 4. The first-order valence-electron chi connectivity index (χ1n) is 8.75. The number of aromatic nitrogens is 2. The Morgan fingerprint density at radius 3 is 2.46 bits per heavy atom. The second-order valence-corrected chi connectivity index (χ2v) is 7.06. The summed E-state index contributed by atoms with van der Waals surface area (Å²) in [5.41, 5.74) is 6.12. The minimum absolute atomic E-state index is 0.00836. The van der Waals surface area contributed by atoms with Crippen molar-refractivity contribution in [3.05, 3.63) is 52.8 Å². The molecule has 26 heavy (non-hydrogen) atoms. The molecule has 1 saturated carbocycles. The van der Waals surface area contributed by atoms with E-state index in [9.17, 15) is 18.0 Å². The fourth-order valence-corrected chi connectivity index (χ4v) is 3.79. The van der Waals surface area contributed by atoms with Gasteiger partial charge in [0.25, 0.3) is 0 Å². The highest BCUT2D eigenvalue weighted by Gasteiger charge is 2.33. The molecule has 2 N–H and O–H groups in total. The third kappa shape index (κ3) is 4.08. The molecule has 0 spiro atoms. The van der Waals surface area contributed by atoms with Crippen LogP contribution < -0.4 is 5.73 Å². The van der Waals surface area contributed by atoms with Crippen molar-refractivity contribution < 1.29 is 18.0 Å². The molecule has 2 aromatic rings. The van der Waals surface area contributed by atoms with E-state index in [1.165, 1.54) is 6.07 Å². The van der Waals surface area contributed by atoms with Gasteiger partial charge in [0.05, 0.1) is 11.3 Å². The lowest BCUT2D eigenvalue weighted by Gasteiger charge is -2.30. The molecule has 0 atom stereocenters. The van der Waals surface area contributed by atoms with Crippen molar-refractivity contribution in [3.8, 4) is 0 Å². The topological polar surface area (TPSA) is 60.9 Å². The number of hydrogen-bond donors (Lipinski definition) is 1. The molecule has 0 saturated heterocycles. The van der Waals surface area contributed by atoms with Gasteiger partial charge in [-0.15, -0.1) is 0 Å². The average molecular weight is 365 g/mol. The first-order valence-corrected chi connectivity index (χ1v) is 8.75. The van der Waals surface area contributed by atoms with Gasteiger partial charge in [0.1, 0.15) is 0 Å². The van der Waals surface area contributed by atoms with E-state index in [2.05, 4.69) is 5.10 Å². The zero-order chi connectivity index (χ0) is 18.9. The number of carbonyl (C=O) groups excluding carboxylic acids is 1. The van der Waals surface area contributed by atoms with Crippen LogP contribution in [0.4, 0.5) is 13.2 Å². The Hall–Kier alpha value is -2.31. The van der Waals surface area contributed by atoms with Gasteiger partial charge in [-0.1, -0.05) is 6.07 Å². The van der Waals surface area contributed by atoms with Crippen LogP contribution in [0.2, 0.25) is 0 Å². The summed E-state index contributed by atoms with van der Waals surface area (Å²) in [6.45, 7) is 2.79. The summed E-state index contributed by atoms with van der Waals surface area (Å²) in [6.07, 6.45) is 1.03. The van der Waals surface area contributed by atoms with E-state index in [1.807, 2.05) is 23.9 Å². The number of hydrogen-bond acceptors (Lipinski definition) is 2. The molecule has 1 heterocycles. The molecule has 4 nitrogen and oxygen atoms in total. The molecule has 0 aliphatic heterocycles. The number of carbonyl (C=O) groups is 1. The van der Waals surface area contributed by atoms with E-state index < -0.39 is 17.6 Å². The summed E-state index contributed by atoms with van der Waals surface area (Å²) in [5, 5.41) is 4.40. The maximum Gasteiger partial charge on any atom is 0.416 e. The van der Waals surface area contributed by atoms with Crippen LogP contribution in [0.1, 0.15) is 58.8 Å². The molecular weight excluding hydrogens is 343 g/mol. The molecule has 0 unspecified atom stereocenters. The molecule has 1 aliphatic rings. The summed E-state index contributed by atoms with van der Waals surface area (Å²) in [6, 6.07) is 5.31. The van der Waals surface area contributed by atoms with Crippen LogP contribution in [-0.2, 0) is 12.7 Å². The number of primary amides is 1. The Morgan fingerprint density at radius 1 is 1.23 bits per heavy atom. The van der Waals surface area contributed by atoms with Gasteiger partial charge in [-0.3, -0.25) is 9.48 Å². The van der Waals surface area contributed by atoms with E-state index >= 15 is 0 Å². The zero-order valence-corrected chi connectivity index (χ0v) is 14.6. The van der Waals surface area contributed by atoms with E-state index in [0.717, 1.165) is 50.1 Å². The second kappa shape index (κ2) is 7.13. The second-order valence-electron chi connectivity index (χ2n) is 7.06. The Bertz CT molecular complexity index is 790. The molecule has 1 fully saturated rings.